The van der Waals surface area contributed by atoms with Gasteiger partial charge in [-0.3, -0.25) is 4.79 Å². The summed E-state index contributed by atoms with van der Waals surface area (Å²) in [5.41, 5.74) is 2.22. The highest BCUT2D eigenvalue weighted by molar-refractivity contribution is 7.89. The van der Waals surface area contributed by atoms with Crippen molar-refractivity contribution in [3.63, 3.8) is 0 Å². The Kier molecular flexibility index (Phi) is 6.43. The Balaban J connectivity index is 1.62. The van der Waals surface area contributed by atoms with Gasteiger partial charge >= 0.3 is 0 Å². The van der Waals surface area contributed by atoms with Gasteiger partial charge in [0.15, 0.2) is 0 Å². The normalized spacial score (nSPS) is 17.2. The molecule has 2 aliphatic rings. The number of fused-ring (bicyclic) bond motifs is 1. The van der Waals surface area contributed by atoms with E-state index in [2.05, 4.69) is 10.2 Å². The summed E-state index contributed by atoms with van der Waals surface area (Å²) in [5.74, 6) is -0.213. The van der Waals surface area contributed by atoms with Crippen LogP contribution in [-0.4, -0.2) is 56.3 Å². The van der Waals surface area contributed by atoms with E-state index >= 15 is 0 Å². The van der Waals surface area contributed by atoms with E-state index in [1.165, 1.54) is 10.4 Å². The van der Waals surface area contributed by atoms with Crippen molar-refractivity contribution in [1.29, 1.82) is 0 Å². The number of likely N-dealkylation sites (tertiary alicyclic amines) is 1. The minimum Gasteiger partial charge on any atom is -0.352 e. The molecule has 2 aromatic carbocycles. The number of benzene rings is 2. The Morgan fingerprint density at radius 3 is 2.53 bits per heavy atom. The van der Waals surface area contributed by atoms with Crippen molar-refractivity contribution in [1.82, 2.24) is 14.5 Å². The second-order valence-corrected chi connectivity index (χ2v) is 10.2. The van der Waals surface area contributed by atoms with Gasteiger partial charge in [-0.2, -0.15) is 4.31 Å². The zero-order valence-corrected chi connectivity index (χ0v) is 18.4. The zero-order chi connectivity index (χ0) is 21.1. The van der Waals surface area contributed by atoms with Crippen molar-refractivity contribution in [2.75, 3.05) is 32.7 Å². The number of nitrogens with zero attached hydrogens (tertiary/aromatic N) is 2. The molecule has 0 aromatic heterocycles. The molecule has 1 fully saturated rings. The van der Waals surface area contributed by atoms with Gasteiger partial charge in [-0.1, -0.05) is 29.8 Å². The summed E-state index contributed by atoms with van der Waals surface area (Å²) >= 11 is 5.99. The molecule has 0 saturated carbocycles. The summed E-state index contributed by atoms with van der Waals surface area (Å²) in [7, 11) is -3.76. The first-order valence-corrected chi connectivity index (χ1v) is 12.1. The van der Waals surface area contributed by atoms with Crippen molar-refractivity contribution in [3.05, 3.63) is 64.2 Å². The SMILES string of the molecule is O=C1NCCc2ccc(S(=O)(=O)N(CCN3CCCC3)Cc3ccc(Cl)cc3)cc21. The molecular formula is C22H26ClN3O3S. The molecule has 2 heterocycles. The van der Waals surface area contributed by atoms with Gasteiger partial charge in [0.2, 0.25) is 10.0 Å². The Morgan fingerprint density at radius 1 is 1.07 bits per heavy atom. The fourth-order valence-corrected chi connectivity index (χ4v) is 5.61. The van der Waals surface area contributed by atoms with Crippen molar-refractivity contribution >= 4 is 27.5 Å². The van der Waals surface area contributed by atoms with Crippen LogP contribution in [-0.2, 0) is 23.0 Å². The molecule has 0 radical (unpaired) electrons. The molecule has 1 N–H and O–H groups in total. The predicted molar refractivity (Wildman–Crippen MR) is 117 cm³/mol. The molecule has 1 saturated heterocycles. The van der Waals surface area contributed by atoms with Gasteiger partial charge < -0.3 is 10.2 Å². The lowest BCUT2D eigenvalue weighted by Gasteiger charge is -2.26. The van der Waals surface area contributed by atoms with Gasteiger partial charge in [-0.15, -0.1) is 0 Å². The molecule has 1 amide bonds. The van der Waals surface area contributed by atoms with Gasteiger partial charge in [0, 0.05) is 36.8 Å². The molecule has 8 heteroatoms. The fraction of sp³-hybridized carbons (Fsp3) is 0.409. The van der Waals surface area contributed by atoms with Crippen LogP contribution in [0.5, 0.6) is 0 Å². The molecule has 4 rings (SSSR count). The highest BCUT2D eigenvalue weighted by atomic mass is 35.5. The van der Waals surface area contributed by atoms with Gasteiger partial charge in [0.25, 0.3) is 5.91 Å². The van der Waals surface area contributed by atoms with E-state index in [4.69, 9.17) is 11.6 Å². The number of carbonyl (C=O) groups excluding carboxylic acids is 1. The lowest BCUT2D eigenvalue weighted by molar-refractivity contribution is 0.0945. The molecule has 6 nitrogen and oxygen atoms in total. The summed E-state index contributed by atoms with van der Waals surface area (Å²) in [5, 5.41) is 3.40. The van der Waals surface area contributed by atoms with E-state index in [-0.39, 0.29) is 17.3 Å². The molecule has 0 bridgehead atoms. The third-order valence-corrected chi connectivity index (χ3v) is 7.87. The Hall–Kier alpha value is -1.93. The summed E-state index contributed by atoms with van der Waals surface area (Å²) in [6.45, 7) is 3.95. The zero-order valence-electron chi connectivity index (χ0n) is 16.8. The third-order valence-electron chi connectivity index (χ3n) is 5.78. The van der Waals surface area contributed by atoms with Crippen LogP contribution in [0, 0.1) is 0 Å². The third kappa shape index (κ3) is 4.70. The van der Waals surface area contributed by atoms with Gasteiger partial charge in [0.05, 0.1) is 4.90 Å². The first-order chi connectivity index (χ1) is 14.4. The number of carbonyl (C=O) groups is 1. The average Bonchev–Trinajstić information content (AvgIpc) is 3.26. The van der Waals surface area contributed by atoms with E-state index in [9.17, 15) is 13.2 Å². The largest absolute Gasteiger partial charge is 0.352 e. The standard InChI is InChI=1S/C22H26ClN3O3S/c23-19-6-3-17(4-7-19)16-26(14-13-25-11-1-2-12-25)30(28,29)20-8-5-18-9-10-24-22(27)21(18)15-20/h3-8,15H,1-2,9-14,16H2,(H,24,27). The van der Waals surface area contributed by atoms with Crippen LogP contribution < -0.4 is 5.32 Å². The Morgan fingerprint density at radius 2 is 1.80 bits per heavy atom. The lowest BCUT2D eigenvalue weighted by atomic mass is 10.0. The maximum Gasteiger partial charge on any atom is 0.251 e. The predicted octanol–water partition coefficient (Wildman–Crippen LogP) is 2.91. The summed E-state index contributed by atoms with van der Waals surface area (Å²) in [4.78, 5) is 14.7. The van der Waals surface area contributed by atoms with Crippen molar-refractivity contribution < 1.29 is 13.2 Å². The van der Waals surface area contributed by atoms with Crippen LogP contribution in [0.2, 0.25) is 5.02 Å². The minimum atomic E-state index is -3.76. The Bertz CT molecular complexity index is 1020. The van der Waals surface area contributed by atoms with Gasteiger partial charge in [-0.25, -0.2) is 8.42 Å². The van der Waals surface area contributed by atoms with E-state index < -0.39 is 10.0 Å². The molecular weight excluding hydrogens is 422 g/mol. The van der Waals surface area contributed by atoms with Crippen LogP contribution >= 0.6 is 11.6 Å². The molecule has 2 aromatic rings. The van der Waals surface area contributed by atoms with Crippen LogP contribution in [0.15, 0.2) is 47.4 Å². The van der Waals surface area contributed by atoms with E-state index in [1.54, 1.807) is 24.3 Å². The number of rotatable bonds is 7. The first-order valence-electron chi connectivity index (χ1n) is 10.3. The van der Waals surface area contributed by atoms with Crippen LogP contribution in [0.1, 0.15) is 34.3 Å². The maximum atomic E-state index is 13.6. The molecule has 0 atom stereocenters. The molecule has 160 valence electrons. The lowest BCUT2D eigenvalue weighted by Crippen LogP contribution is -2.38. The smallest absolute Gasteiger partial charge is 0.251 e. The molecule has 0 aliphatic carbocycles. The number of nitrogens with one attached hydrogen (secondary N) is 1. The highest BCUT2D eigenvalue weighted by Gasteiger charge is 2.28. The topological polar surface area (TPSA) is 69.7 Å². The molecule has 0 unspecified atom stereocenters. The van der Waals surface area contributed by atoms with E-state index in [1.807, 2.05) is 12.1 Å². The number of halogens is 1. The average molecular weight is 448 g/mol. The summed E-state index contributed by atoms with van der Waals surface area (Å²) in [6, 6.07) is 12.1. The van der Waals surface area contributed by atoms with Crippen molar-refractivity contribution in [2.45, 2.75) is 30.7 Å². The van der Waals surface area contributed by atoms with Crippen LogP contribution in [0.25, 0.3) is 0 Å². The van der Waals surface area contributed by atoms with Crippen molar-refractivity contribution in [2.24, 2.45) is 0 Å². The van der Waals surface area contributed by atoms with Crippen molar-refractivity contribution in [3.8, 4) is 0 Å². The fourth-order valence-electron chi connectivity index (χ4n) is 4.04. The van der Waals surface area contributed by atoms with Gasteiger partial charge in [0.1, 0.15) is 0 Å². The second kappa shape index (κ2) is 9.06. The maximum absolute atomic E-state index is 13.6. The molecule has 0 spiro atoms. The number of hydrogen-bond acceptors (Lipinski definition) is 4. The van der Waals surface area contributed by atoms with E-state index in [0.717, 1.165) is 37.1 Å². The molecule has 2 aliphatic heterocycles. The van der Waals surface area contributed by atoms with Gasteiger partial charge in [-0.05, 0) is 67.7 Å². The number of sulfonamides is 1. The minimum absolute atomic E-state index is 0.161. The quantitative estimate of drug-likeness (QED) is 0.708. The van der Waals surface area contributed by atoms with Crippen LogP contribution in [0.3, 0.4) is 0 Å². The highest BCUT2D eigenvalue weighted by Crippen LogP contribution is 2.24. The summed E-state index contributed by atoms with van der Waals surface area (Å²) < 4.78 is 28.6. The number of hydrogen-bond donors (Lipinski definition) is 1. The van der Waals surface area contributed by atoms with E-state index in [0.29, 0.717) is 36.6 Å². The monoisotopic (exact) mass is 447 g/mol. The second-order valence-electron chi connectivity index (χ2n) is 7.84. The molecule has 30 heavy (non-hydrogen) atoms. The Labute approximate surface area is 182 Å². The first kappa shape index (κ1) is 21.3. The van der Waals surface area contributed by atoms with Crippen LogP contribution in [0.4, 0.5) is 0 Å². The number of amides is 1. The summed E-state index contributed by atoms with van der Waals surface area (Å²) in [6.07, 6.45) is 3.03.